The average molecular weight is 468 g/mol. The van der Waals surface area contributed by atoms with Crippen LogP contribution in [0.15, 0.2) is 60.7 Å². The zero-order valence-corrected chi connectivity index (χ0v) is 19.3. The van der Waals surface area contributed by atoms with Gasteiger partial charge in [0.05, 0.1) is 17.1 Å². The van der Waals surface area contributed by atoms with Crippen molar-refractivity contribution in [2.45, 2.75) is 26.3 Å². The van der Waals surface area contributed by atoms with Crippen molar-refractivity contribution in [3.63, 3.8) is 0 Å². The molecule has 8 heteroatoms. The van der Waals surface area contributed by atoms with Crippen molar-refractivity contribution < 1.29 is 27.5 Å². The minimum Gasteiger partial charge on any atom is -0.457 e. The number of hydrogen-bond acceptors (Lipinski definition) is 6. The quantitative estimate of drug-likeness (QED) is 0.380. The molecule has 172 valence electrons. The topological polar surface area (TPSA) is 91.7 Å². The third-order valence-corrected chi connectivity index (χ3v) is 7.49. The van der Waals surface area contributed by atoms with Gasteiger partial charge in [-0.1, -0.05) is 24.3 Å². The standard InChI is InChI=1S/C25H25NO6S/c1-17-13-23(18(2)26(17)20-11-12-33(29,30)16-20)24(27)15-31-25(28)19-7-6-10-22(14-19)32-21-8-4-3-5-9-21/h3-10,13-14,20H,11-12,15-16H2,1-2H3. The van der Waals surface area contributed by atoms with Crippen molar-refractivity contribution in [3.05, 3.63) is 83.2 Å². The van der Waals surface area contributed by atoms with E-state index in [1.54, 1.807) is 49.4 Å². The van der Waals surface area contributed by atoms with Crippen molar-refractivity contribution in [3.8, 4) is 11.5 Å². The molecule has 1 aromatic heterocycles. The first-order chi connectivity index (χ1) is 15.7. The number of benzene rings is 2. The van der Waals surface area contributed by atoms with E-state index in [2.05, 4.69) is 0 Å². The fourth-order valence-electron chi connectivity index (χ4n) is 4.20. The number of hydrogen-bond donors (Lipinski definition) is 0. The van der Waals surface area contributed by atoms with E-state index in [0.29, 0.717) is 29.2 Å². The molecule has 0 spiro atoms. The third-order valence-electron chi connectivity index (χ3n) is 5.74. The van der Waals surface area contributed by atoms with Gasteiger partial charge in [0.1, 0.15) is 11.5 Å². The number of rotatable bonds is 7. The predicted molar refractivity (Wildman–Crippen MR) is 124 cm³/mol. The van der Waals surface area contributed by atoms with E-state index in [9.17, 15) is 18.0 Å². The van der Waals surface area contributed by atoms with Crippen LogP contribution in [-0.4, -0.2) is 42.9 Å². The number of para-hydroxylation sites is 1. The number of sulfone groups is 1. The monoisotopic (exact) mass is 467 g/mol. The Kier molecular flexibility index (Phi) is 6.37. The summed E-state index contributed by atoms with van der Waals surface area (Å²) in [6, 6.07) is 17.3. The van der Waals surface area contributed by atoms with E-state index >= 15 is 0 Å². The molecule has 0 saturated carbocycles. The summed E-state index contributed by atoms with van der Waals surface area (Å²) in [7, 11) is -3.05. The van der Waals surface area contributed by atoms with Crippen LogP contribution in [0.3, 0.4) is 0 Å². The van der Waals surface area contributed by atoms with Crippen LogP contribution >= 0.6 is 0 Å². The first-order valence-electron chi connectivity index (χ1n) is 10.7. The number of ketones is 1. The Morgan fingerprint density at radius 2 is 1.73 bits per heavy atom. The van der Waals surface area contributed by atoms with E-state index < -0.39 is 22.4 Å². The van der Waals surface area contributed by atoms with Crippen LogP contribution < -0.4 is 4.74 Å². The highest BCUT2D eigenvalue weighted by Gasteiger charge is 2.31. The maximum absolute atomic E-state index is 12.8. The van der Waals surface area contributed by atoms with E-state index in [1.165, 1.54) is 0 Å². The zero-order valence-electron chi connectivity index (χ0n) is 18.5. The maximum Gasteiger partial charge on any atom is 0.338 e. The number of esters is 1. The Morgan fingerprint density at radius 1 is 1.00 bits per heavy atom. The second kappa shape index (κ2) is 9.23. The summed E-state index contributed by atoms with van der Waals surface area (Å²) in [5.74, 6) is 0.397. The Balaban J connectivity index is 1.42. The molecule has 0 amide bonds. The third kappa shape index (κ3) is 5.17. The Morgan fingerprint density at radius 3 is 2.42 bits per heavy atom. The first-order valence-corrected chi connectivity index (χ1v) is 12.5. The molecule has 3 aromatic rings. The first kappa shape index (κ1) is 22.8. The molecule has 0 N–H and O–H groups in total. The SMILES string of the molecule is Cc1cc(C(=O)COC(=O)c2cccc(Oc3ccccc3)c2)c(C)n1C1CCS(=O)(=O)C1. The summed E-state index contributed by atoms with van der Waals surface area (Å²) in [5.41, 5.74) is 2.22. The van der Waals surface area contributed by atoms with Gasteiger partial charge in [-0.05, 0) is 56.7 Å². The summed E-state index contributed by atoms with van der Waals surface area (Å²) in [5, 5.41) is 0. The van der Waals surface area contributed by atoms with Crippen LogP contribution in [0, 0.1) is 13.8 Å². The number of Topliss-reactive ketones (excluding diaryl/α,β-unsaturated/α-hetero) is 1. The molecule has 1 atom stereocenters. The Labute approximate surface area is 192 Å². The summed E-state index contributed by atoms with van der Waals surface area (Å²) >= 11 is 0. The molecule has 33 heavy (non-hydrogen) atoms. The lowest BCUT2D eigenvalue weighted by molar-refractivity contribution is 0.0474. The van der Waals surface area contributed by atoms with E-state index in [-0.39, 0.29) is 28.9 Å². The second-order valence-electron chi connectivity index (χ2n) is 8.15. The van der Waals surface area contributed by atoms with E-state index in [0.717, 1.165) is 5.69 Å². The molecule has 7 nitrogen and oxygen atoms in total. The van der Waals surface area contributed by atoms with Gasteiger partial charge in [-0.3, -0.25) is 4.79 Å². The number of nitrogens with zero attached hydrogens (tertiary/aromatic N) is 1. The molecule has 0 aliphatic carbocycles. The molecule has 1 aliphatic rings. The molecule has 1 fully saturated rings. The molecule has 2 heterocycles. The minimum absolute atomic E-state index is 0.0768. The van der Waals surface area contributed by atoms with Crippen molar-refractivity contribution in [2.24, 2.45) is 0 Å². The second-order valence-corrected chi connectivity index (χ2v) is 10.4. The average Bonchev–Trinajstić information content (AvgIpc) is 3.30. The lowest BCUT2D eigenvalue weighted by Crippen LogP contribution is -2.17. The largest absolute Gasteiger partial charge is 0.457 e. The van der Waals surface area contributed by atoms with Crippen LogP contribution in [0.2, 0.25) is 0 Å². The maximum atomic E-state index is 12.8. The molecule has 0 radical (unpaired) electrons. The van der Waals surface area contributed by atoms with Gasteiger partial charge in [0, 0.05) is 23.0 Å². The van der Waals surface area contributed by atoms with Gasteiger partial charge < -0.3 is 14.0 Å². The Bertz CT molecular complexity index is 1290. The highest BCUT2D eigenvalue weighted by molar-refractivity contribution is 7.91. The smallest absolute Gasteiger partial charge is 0.338 e. The van der Waals surface area contributed by atoms with Gasteiger partial charge in [0.15, 0.2) is 16.4 Å². The van der Waals surface area contributed by atoms with E-state index in [1.807, 2.05) is 29.7 Å². The molecule has 1 aliphatic heterocycles. The van der Waals surface area contributed by atoms with Gasteiger partial charge in [-0.15, -0.1) is 0 Å². The Hall–Kier alpha value is -3.39. The molecular weight excluding hydrogens is 442 g/mol. The number of ether oxygens (including phenoxy) is 2. The van der Waals surface area contributed by atoms with Gasteiger partial charge >= 0.3 is 5.97 Å². The zero-order chi connectivity index (χ0) is 23.6. The lowest BCUT2D eigenvalue weighted by Gasteiger charge is -2.16. The van der Waals surface area contributed by atoms with Gasteiger partial charge in [-0.25, -0.2) is 13.2 Å². The number of carbonyl (C=O) groups is 2. The fourth-order valence-corrected chi connectivity index (χ4v) is 5.90. The molecule has 2 aromatic carbocycles. The van der Waals surface area contributed by atoms with Crippen molar-refractivity contribution in [1.82, 2.24) is 4.57 Å². The van der Waals surface area contributed by atoms with Crippen LogP contribution in [0.25, 0.3) is 0 Å². The van der Waals surface area contributed by atoms with Gasteiger partial charge in [0.2, 0.25) is 5.78 Å². The molecule has 1 saturated heterocycles. The van der Waals surface area contributed by atoms with Crippen molar-refractivity contribution in [1.29, 1.82) is 0 Å². The summed E-state index contributed by atoms with van der Waals surface area (Å²) < 4.78 is 36.6. The number of aryl methyl sites for hydroxylation is 1. The van der Waals surface area contributed by atoms with Crippen molar-refractivity contribution in [2.75, 3.05) is 18.1 Å². The summed E-state index contributed by atoms with van der Waals surface area (Å²) in [6.45, 7) is 3.23. The number of carbonyl (C=O) groups excluding carboxylic acids is 2. The van der Waals surface area contributed by atoms with Gasteiger partial charge in [0.25, 0.3) is 0 Å². The fraction of sp³-hybridized carbons (Fsp3) is 0.280. The van der Waals surface area contributed by atoms with Crippen LogP contribution in [0.4, 0.5) is 0 Å². The van der Waals surface area contributed by atoms with Crippen LogP contribution in [-0.2, 0) is 14.6 Å². The van der Waals surface area contributed by atoms with Crippen LogP contribution in [0.1, 0.15) is 44.6 Å². The lowest BCUT2D eigenvalue weighted by atomic mass is 10.1. The molecule has 1 unspecified atom stereocenters. The molecule has 4 rings (SSSR count). The van der Waals surface area contributed by atoms with E-state index in [4.69, 9.17) is 9.47 Å². The molecular formula is C25H25NO6S. The van der Waals surface area contributed by atoms with Gasteiger partial charge in [-0.2, -0.15) is 0 Å². The highest BCUT2D eigenvalue weighted by Crippen LogP contribution is 2.29. The highest BCUT2D eigenvalue weighted by atomic mass is 32.2. The van der Waals surface area contributed by atoms with Crippen LogP contribution in [0.5, 0.6) is 11.5 Å². The summed E-state index contributed by atoms with van der Waals surface area (Å²) in [6.07, 6.45) is 0.530. The minimum atomic E-state index is -3.05. The summed E-state index contributed by atoms with van der Waals surface area (Å²) in [4.78, 5) is 25.3. The normalized spacial score (nSPS) is 17.0. The number of aromatic nitrogens is 1. The molecule has 0 bridgehead atoms. The van der Waals surface area contributed by atoms with Crippen molar-refractivity contribution >= 4 is 21.6 Å². The predicted octanol–water partition coefficient (Wildman–Crippen LogP) is 4.30.